The molecule has 1 fully saturated rings. The summed E-state index contributed by atoms with van der Waals surface area (Å²) >= 11 is 5.88. The number of anilines is 1. The van der Waals surface area contributed by atoms with Crippen molar-refractivity contribution in [2.45, 2.75) is 57.1 Å². The number of ether oxygens (including phenoxy) is 1. The van der Waals surface area contributed by atoms with Crippen molar-refractivity contribution in [1.82, 2.24) is 0 Å². The van der Waals surface area contributed by atoms with Gasteiger partial charge in [-0.2, -0.15) is 12.6 Å². The number of hydrogen-bond donors (Lipinski definition) is 1. The van der Waals surface area contributed by atoms with Gasteiger partial charge in [0, 0.05) is 23.2 Å². The Bertz CT molecular complexity index is 673. The number of esters is 1. The highest BCUT2D eigenvalue weighted by atomic mass is 32.2. The van der Waals surface area contributed by atoms with Crippen LogP contribution in [0.3, 0.4) is 0 Å². The summed E-state index contributed by atoms with van der Waals surface area (Å²) in [5, 5.41) is 0. The van der Waals surface area contributed by atoms with Gasteiger partial charge in [-0.1, -0.05) is 12.1 Å². The zero-order valence-electron chi connectivity index (χ0n) is 16.0. The lowest BCUT2D eigenvalue weighted by Crippen LogP contribution is -2.30. The molecule has 1 saturated heterocycles. The molecule has 2 amide bonds. The molecule has 1 aliphatic rings. The van der Waals surface area contributed by atoms with Crippen molar-refractivity contribution < 1.29 is 19.1 Å². The van der Waals surface area contributed by atoms with Crippen LogP contribution in [0.5, 0.6) is 0 Å². The van der Waals surface area contributed by atoms with Gasteiger partial charge >= 0.3 is 5.97 Å². The van der Waals surface area contributed by atoms with E-state index in [-0.39, 0.29) is 40.8 Å². The summed E-state index contributed by atoms with van der Waals surface area (Å²) in [4.78, 5) is 37.7. The number of hydrogen-bond acceptors (Lipinski definition) is 6. The molecule has 2 unspecified atom stereocenters. The van der Waals surface area contributed by atoms with Crippen LogP contribution in [0.1, 0.15) is 45.6 Å². The van der Waals surface area contributed by atoms with Crippen LogP contribution in [0, 0.1) is 5.92 Å². The van der Waals surface area contributed by atoms with Crippen molar-refractivity contribution in [3.63, 3.8) is 0 Å². The number of nitrogens with zero attached hydrogens (tertiary/aromatic N) is 1. The minimum Gasteiger partial charge on any atom is -0.463 e. The standard InChI is InChI=1S/C20H27NO4S2/c1-13(2)25-19(23)6-4-5-15-7-9-17(10-8-15)21-18(22)11-16(20(21)24)12-27-14(3)26/h7-10,13-14,16,26H,4-6,11-12H2,1-3H3. The third-order valence-corrected chi connectivity index (χ3v) is 5.71. The van der Waals surface area contributed by atoms with E-state index in [0.717, 1.165) is 12.0 Å². The molecule has 0 radical (unpaired) electrons. The Labute approximate surface area is 170 Å². The Morgan fingerprint density at radius 2 is 1.93 bits per heavy atom. The average Bonchev–Trinajstić information content (AvgIpc) is 2.87. The Hall–Kier alpha value is -1.47. The van der Waals surface area contributed by atoms with Gasteiger partial charge < -0.3 is 4.74 Å². The Morgan fingerprint density at radius 3 is 2.52 bits per heavy atom. The fourth-order valence-electron chi connectivity index (χ4n) is 2.92. The molecular formula is C20H27NO4S2. The zero-order chi connectivity index (χ0) is 20.0. The molecule has 0 aliphatic carbocycles. The van der Waals surface area contributed by atoms with E-state index in [0.29, 0.717) is 24.3 Å². The molecule has 7 heteroatoms. The first kappa shape index (κ1) is 21.8. The number of benzene rings is 1. The number of thiol groups is 1. The normalized spacial score (nSPS) is 18.3. The average molecular weight is 410 g/mol. The maximum Gasteiger partial charge on any atom is 0.306 e. The van der Waals surface area contributed by atoms with Crippen LogP contribution in [0.4, 0.5) is 5.69 Å². The highest BCUT2D eigenvalue weighted by Gasteiger charge is 2.39. The summed E-state index contributed by atoms with van der Waals surface area (Å²) < 4.78 is 5.25. The van der Waals surface area contributed by atoms with Crippen LogP contribution in [-0.2, 0) is 25.5 Å². The molecule has 1 aromatic carbocycles. The second-order valence-corrected chi connectivity index (χ2v) is 9.46. The van der Waals surface area contributed by atoms with Gasteiger partial charge in [0.2, 0.25) is 11.8 Å². The number of rotatable bonds is 9. The first-order valence-corrected chi connectivity index (χ1v) is 10.8. The van der Waals surface area contributed by atoms with E-state index < -0.39 is 0 Å². The minimum atomic E-state index is -0.274. The maximum atomic E-state index is 12.6. The monoisotopic (exact) mass is 409 g/mol. The van der Waals surface area contributed by atoms with Crippen molar-refractivity contribution in [1.29, 1.82) is 0 Å². The highest BCUT2D eigenvalue weighted by Crippen LogP contribution is 2.30. The van der Waals surface area contributed by atoms with Gasteiger partial charge in [0.25, 0.3) is 0 Å². The van der Waals surface area contributed by atoms with E-state index in [9.17, 15) is 14.4 Å². The molecule has 0 spiro atoms. The van der Waals surface area contributed by atoms with Crippen molar-refractivity contribution >= 4 is 47.9 Å². The molecule has 1 aromatic rings. The third kappa shape index (κ3) is 6.57. The van der Waals surface area contributed by atoms with E-state index in [1.165, 1.54) is 4.90 Å². The zero-order valence-corrected chi connectivity index (χ0v) is 17.7. The van der Waals surface area contributed by atoms with Crippen molar-refractivity contribution in [2.75, 3.05) is 10.7 Å². The number of amides is 2. The number of thioether (sulfide) groups is 1. The molecule has 1 aliphatic heterocycles. The smallest absolute Gasteiger partial charge is 0.306 e. The van der Waals surface area contributed by atoms with Crippen LogP contribution in [-0.4, -0.2) is 34.2 Å². The summed E-state index contributed by atoms with van der Waals surface area (Å²) in [5.41, 5.74) is 1.67. The molecular weight excluding hydrogens is 382 g/mol. The van der Waals surface area contributed by atoms with Gasteiger partial charge in [-0.05, 0) is 51.3 Å². The van der Waals surface area contributed by atoms with Gasteiger partial charge in [-0.15, -0.1) is 11.8 Å². The van der Waals surface area contributed by atoms with Gasteiger partial charge in [0.15, 0.2) is 0 Å². The first-order chi connectivity index (χ1) is 12.8. The molecule has 0 aromatic heterocycles. The van der Waals surface area contributed by atoms with E-state index >= 15 is 0 Å². The van der Waals surface area contributed by atoms with Crippen molar-refractivity contribution in [3.8, 4) is 0 Å². The molecule has 2 atom stereocenters. The minimum absolute atomic E-state index is 0.0921. The first-order valence-electron chi connectivity index (χ1n) is 9.22. The molecule has 0 N–H and O–H groups in total. The van der Waals surface area contributed by atoms with Crippen molar-refractivity contribution in [2.24, 2.45) is 5.92 Å². The lowest BCUT2D eigenvalue weighted by molar-refractivity contribution is -0.147. The molecule has 27 heavy (non-hydrogen) atoms. The lowest BCUT2D eigenvalue weighted by Gasteiger charge is -2.16. The summed E-state index contributed by atoms with van der Waals surface area (Å²) in [6, 6.07) is 7.41. The summed E-state index contributed by atoms with van der Waals surface area (Å²) in [7, 11) is 0. The van der Waals surface area contributed by atoms with Gasteiger partial charge in [0.05, 0.1) is 17.7 Å². The van der Waals surface area contributed by atoms with Crippen LogP contribution in [0.15, 0.2) is 24.3 Å². The Morgan fingerprint density at radius 1 is 1.26 bits per heavy atom. The molecule has 0 bridgehead atoms. The van der Waals surface area contributed by atoms with Gasteiger partial charge in [0.1, 0.15) is 0 Å². The van der Waals surface area contributed by atoms with Crippen LogP contribution in [0.2, 0.25) is 0 Å². The summed E-state index contributed by atoms with van der Waals surface area (Å²) in [5.74, 6) is -0.138. The lowest BCUT2D eigenvalue weighted by atomic mass is 10.1. The number of carbonyl (C=O) groups excluding carboxylic acids is 3. The van der Waals surface area contributed by atoms with E-state index in [1.807, 2.05) is 32.9 Å². The van der Waals surface area contributed by atoms with E-state index in [4.69, 9.17) is 4.74 Å². The van der Waals surface area contributed by atoms with Crippen LogP contribution in [0.25, 0.3) is 0 Å². The van der Waals surface area contributed by atoms with E-state index in [1.54, 1.807) is 23.9 Å². The van der Waals surface area contributed by atoms with Crippen LogP contribution < -0.4 is 4.90 Å². The van der Waals surface area contributed by atoms with Crippen molar-refractivity contribution in [3.05, 3.63) is 29.8 Å². The highest BCUT2D eigenvalue weighted by molar-refractivity contribution is 8.10. The largest absolute Gasteiger partial charge is 0.463 e. The number of aryl methyl sites for hydroxylation is 1. The molecule has 5 nitrogen and oxygen atoms in total. The maximum absolute atomic E-state index is 12.6. The quantitative estimate of drug-likeness (QED) is 0.290. The molecule has 148 valence electrons. The number of carbonyl (C=O) groups is 3. The topological polar surface area (TPSA) is 63.7 Å². The molecule has 1 heterocycles. The van der Waals surface area contributed by atoms with Crippen LogP contribution >= 0.6 is 24.4 Å². The molecule has 0 saturated carbocycles. The van der Waals surface area contributed by atoms with Gasteiger partial charge in [-0.25, -0.2) is 0 Å². The number of imide groups is 1. The summed E-state index contributed by atoms with van der Waals surface area (Å²) in [6.45, 7) is 5.62. The summed E-state index contributed by atoms with van der Waals surface area (Å²) in [6.07, 6.45) is 1.99. The predicted octanol–water partition coefficient (Wildman–Crippen LogP) is 3.85. The predicted molar refractivity (Wildman–Crippen MR) is 112 cm³/mol. The SMILES string of the molecule is CC(C)OC(=O)CCCc1ccc(N2C(=O)CC(CSC(C)S)C2=O)cc1. The third-order valence-electron chi connectivity index (χ3n) is 4.19. The van der Waals surface area contributed by atoms with Gasteiger partial charge in [-0.3, -0.25) is 19.3 Å². The Balaban J connectivity index is 1.90. The fourth-order valence-corrected chi connectivity index (χ4v) is 3.95. The second kappa shape index (κ2) is 10.2. The fraction of sp³-hybridized carbons (Fsp3) is 0.550. The molecule has 2 rings (SSSR count). The van der Waals surface area contributed by atoms with E-state index in [2.05, 4.69) is 12.6 Å². The Kier molecular flexibility index (Phi) is 8.23. The second-order valence-electron chi connectivity index (χ2n) is 6.96.